The molecule has 1 aromatic heterocycles. The first-order valence-corrected chi connectivity index (χ1v) is 9.15. The number of nitrogens with one attached hydrogen (secondary N) is 1. The van der Waals surface area contributed by atoms with E-state index in [4.69, 9.17) is 4.42 Å². The Kier molecular flexibility index (Phi) is 6.99. The standard InChI is InChI=1S/C19H24BrN3O3/c1-21(2)18(24)12-22(3)13-19(25)23(4)11-16-9-10-17(26-16)14-5-7-15(20)8-6-14/h5-10H,11-13H2,1-4H3/p+1. The van der Waals surface area contributed by atoms with Crippen LogP contribution in [0.15, 0.2) is 45.3 Å². The molecule has 1 heterocycles. The minimum absolute atomic E-state index is 0.00290. The molecule has 0 aliphatic carbocycles. The van der Waals surface area contributed by atoms with Crippen molar-refractivity contribution in [2.75, 3.05) is 41.3 Å². The van der Waals surface area contributed by atoms with Crippen LogP contribution in [0.1, 0.15) is 5.76 Å². The van der Waals surface area contributed by atoms with Gasteiger partial charge in [0, 0.05) is 31.2 Å². The number of carbonyl (C=O) groups excluding carboxylic acids is 2. The number of nitrogens with zero attached hydrogens (tertiary/aromatic N) is 2. The maximum absolute atomic E-state index is 12.4. The van der Waals surface area contributed by atoms with Gasteiger partial charge in [0.1, 0.15) is 11.5 Å². The Morgan fingerprint density at radius 1 is 1.00 bits per heavy atom. The molecule has 26 heavy (non-hydrogen) atoms. The molecule has 0 saturated carbocycles. The van der Waals surface area contributed by atoms with Crippen LogP contribution in [0.2, 0.25) is 0 Å². The van der Waals surface area contributed by atoms with Crippen LogP contribution < -0.4 is 4.90 Å². The molecular weight excluding hydrogens is 398 g/mol. The topological polar surface area (TPSA) is 58.2 Å². The normalized spacial score (nSPS) is 11.9. The van der Waals surface area contributed by atoms with Crippen LogP contribution in [-0.4, -0.2) is 62.9 Å². The summed E-state index contributed by atoms with van der Waals surface area (Å²) in [4.78, 5) is 28.1. The lowest BCUT2D eigenvalue weighted by Crippen LogP contribution is -3.11. The van der Waals surface area contributed by atoms with E-state index in [2.05, 4.69) is 15.9 Å². The third-order valence-corrected chi connectivity index (χ3v) is 4.54. The molecule has 0 aliphatic heterocycles. The quantitative estimate of drug-likeness (QED) is 0.730. The van der Waals surface area contributed by atoms with Gasteiger partial charge in [0.25, 0.3) is 11.8 Å². The maximum atomic E-state index is 12.4. The molecule has 0 fully saturated rings. The molecule has 0 saturated heterocycles. The molecule has 1 aromatic carbocycles. The summed E-state index contributed by atoms with van der Waals surface area (Å²) < 4.78 is 6.87. The summed E-state index contributed by atoms with van der Waals surface area (Å²) in [6, 6.07) is 11.7. The van der Waals surface area contributed by atoms with Crippen molar-refractivity contribution in [1.29, 1.82) is 0 Å². The largest absolute Gasteiger partial charge is 0.459 e. The predicted molar refractivity (Wildman–Crippen MR) is 104 cm³/mol. The molecule has 1 unspecified atom stereocenters. The summed E-state index contributed by atoms with van der Waals surface area (Å²) in [6.45, 7) is 0.946. The number of amides is 2. The smallest absolute Gasteiger partial charge is 0.277 e. The molecule has 1 atom stereocenters. The molecule has 7 heteroatoms. The van der Waals surface area contributed by atoms with Gasteiger partial charge in [-0.3, -0.25) is 9.59 Å². The highest BCUT2D eigenvalue weighted by molar-refractivity contribution is 9.10. The second kappa shape index (κ2) is 9.00. The van der Waals surface area contributed by atoms with Crippen LogP contribution in [0.4, 0.5) is 0 Å². The Morgan fingerprint density at radius 3 is 2.23 bits per heavy atom. The first-order chi connectivity index (χ1) is 12.3. The summed E-state index contributed by atoms with van der Waals surface area (Å²) in [5.41, 5.74) is 0.986. The van der Waals surface area contributed by atoms with E-state index in [0.29, 0.717) is 13.1 Å². The number of furan rings is 1. The monoisotopic (exact) mass is 422 g/mol. The number of likely N-dealkylation sites (N-methyl/N-ethyl adjacent to an activating group) is 3. The van der Waals surface area contributed by atoms with Crippen LogP contribution in [0, 0.1) is 0 Å². The molecule has 0 aliphatic rings. The number of rotatable bonds is 7. The van der Waals surface area contributed by atoms with Crippen LogP contribution in [0.5, 0.6) is 0 Å². The lowest BCUT2D eigenvalue weighted by Gasteiger charge is -2.20. The van der Waals surface area contributed by atoms with Crippen molar-refractivity contribution in [2.24, 2.45) is 0 Å². The van der Waals surface area contributed by atoms with Gasteiger partial charge in [-0.2, -0.15) is 0 Å². The molecule has 2 amide bonds. The first-order valence-electron chi connectivity index (χ1n) is 8.36. The number of halogens is 1. The second-order valence-electron chi connectivity index (χ2n) is 6.62. The Balaban J connectivity index is 1.91. The fourth-order valence-electron chi connectivity index (χ4n) is 2.43. The zero-order chi connectivity index (χ0) is 19.3. The molecule has 0 spiro atoms. The Morgan fingerprint density at radius 2 is 1.62 bits per heavy atom. The number of hydrogen-bond acceptors (Lipinski definition) is 3. The van der Waals surface area contributed by atoms with Crippen molar-refractivity contribution in [1.82, 2.24) is 9.80 Å². The first kappa shape index (κ1) is 20.2. The average Bonchev–Trinajstić information content (AvgIpc) is 3.03. The Bertz CT molecular complexity index is 756. The molecular formula is C19H25BrN3O3+. The van der Waals surface area contributed by atoms with E-state index >= 15 is 0 Å². The van der Waals surface area contributed by atoms with Crippen molar-refractivity contribution < 1.29 is 18.9 Å². The van der Waals surface area contributed by atoms with Gasteiger partial charge in [-0.05, 0) is 24.3 Å². The highest BCUT2D eigenvalue weighted by atomic mass is 79.9. The maximum Gasteiger partial charge on any atom is 0.277 e. The van der Waals surface area contributed by atoms with Gasteiger partial charge in [0.15, 0.2) is 13.1 Å². The summed E-state index contributed by atoms with van der Waals surface area (Å²) >= 11 is 3.41. The van der Waals surface area contributed by atoms with Gasteiger partial charge in [-0.25, -0.2) is 0 Å². The average molecular weight is 423 g/mol. The van der Waals surface area contributed by atoms with Gasteiger partial charge in [0.05, 0.1) is 13.6 Å². The lowest BCUT2D eigenvalue weighted by atomic mass is 10.2. The third kappa shape index (κ3) is 5.71. The summed E-state index contributed by atoms with van der Waals surface area (Å²) in [5.74, 6) is 1.47. The molecule has 0 radical (unpaired) electrons. The highest BCUT2D eigenvalue weighted by Gasteiger charge is 2.19. The summed E-state index contributed by atoms with van der Waals surface area (Å²) in [6.07, 6.45) is 0. The van der Waals surface area contributed by atoms with E-state index in [1.807, 2.05) is 43.4 Å². The van der Waals surface area contributed by atoms with Gasteiger partial charge >= 0.3 is 0 Å². The van der Waals surface area contributed by atoms with Crippen molar-refractivity contribution in [3.05, 3.63) is 46.6 Å². The van der Waals surface area contributed by atoms with Crippen LogP contribution >= 0.6 is 15.9 Å². The van der Waals surface area contributed by atoms with Crippen molar-refractivity contribution in [3.8, 4) is 11.3 Å². The van der Waals surface area contributed by atoms with Crippen molar-refractivity contribution in [3.63, 3.8) is 0 Å². The van der Waals surface area contributed by atoms with Crippen molar-refractivity contribution in [2.45, 2.75) is 6.54 Å². The summed E-state index contributed by atoms with van der Waals surface area (Å²) in [5, 5.41) is 0. The number of quaternary nitrogens is 1. The zero-order valence-electron chi connectivity index (χ0n) is 15.6. The third-order valence-electron chi connectivity index (χ3n) is 4.01. The van der Waals surface area contributed by atoms with E-state index < -0.39 is 0 Å². The van der Waals surface area contributed by atoms with Crippen LogP contribution in [0.25, 0.3) is 11.3 Å². The van der Waals surface area contributed by atoms with Crippen LogP contribution in [0.3, 0.4) is 0 Å². The molecule has 2 rings (SSSR count). The Labute approximate surface area is 162 Å². The zero-order valence-corrected chi connectivity index (χ0v) is 17.2. The van der Waals surface area contributed by atoms with Gasteiger partial charge in [-0.1, -0.05) is 28.1 Å². The predicted octanol–water partition coefficient (Wildman–Crippen LogP) is 1.27. The highest BCUT2D eigenvalue weighted by Crippen LogP contribution is 2.24. The minimum Gasteiger partial charge on any atom is -0.459 e. The molecule has 2 aromatic rings. The fraction of sp³-hybridized carbons (Fsp3) is 0.368. The fourth-order valence-corrected chi connectivity index (χ4v) is 2.69. The summed E-state index contributed by atoms with van der Waals surface area (Å²) in [7, 11) is 7.00. The number of carbonyl (C=O) groups is 2. The number of benzene rings is 1. The van der Waals surface area contributed by atoms with E-state index in [-0.39, 0.29) is 18.4 Å². The molecule has 6 nitrogen and oxygen atoms in total. The van der Waals surface area contributed by atoms with E-state index in [1.54, 1.807) is 26.0 Å². The van der Waals surface area contributed by atoms with Gasteiger partial charge in [-0.15, -0.1) is 0 Å². The van der Waals surface area contributed by atoms with Gasteiger partial charge < -0.3 is 19.1 Å². The van der Waals surface area contributed by atoms with Gasteiger partial charge in [0.2, 0.25) is 0 Å². The van der Waals surface area contributed by atoms with E-state index in [0.717, 1.165) is 26.5 Å². The van der Waals surface area contributed by atoms with Crippen molar-refractivity contribution >= 4 is 27.7 Å². The lowest BCUT2D eigenvalue weighted by molar-refractivity contribution is -0.863. The minimum atomic E-state index is -0.0318. The second-order valence-corrected chi connectivity index (χ2v) is 7.54. The van der Waals surface area contributed by atoms with E-state index in [9.17, 15) is 9.59 Å². The Hall–Kier alpha value is -2.12. The SMILES string of the molecule is CN(C)C(=O)C[NH+](C)CC(=O)N(C)Cc1ccc(-c2ccc(Br)cc2)o1. The molecule has 140 valence electrons. The molecule has 0 bridgehead atoms. The molecule has 1 N–H and O–H groups in total. The number of hydrogen-bond donors (Lipinski definition) is 1. The van der Waals surface area contributed by atoms with Crippen LogP contribution in [-0.2, 0) is 16.1 Å². The van der Waals surface area contributed by atoms with E-state index in [1.165, 1.54) is 4.90 Å².